The molecule has 0 atom stereocenters. The van der Waals surface area contributed by atoms with Crippen molar-refractivity contribution in [3.8, 4) is 11.5 Å². The van der Waals surface area contributed by atoms with E-state index in [-0.39, 0.29) is 18.5 Å². The lowest BCUT2D eigenvalue weighted by Gasteiger charge is -2.43. The summed E-state index contributed by atoms with van der Waals surface area (Å²) in [4.78, 5) is 35.4. The number of ether oxygens (including phenoxy) is 2. The molecule has 3 aromatic carbocycles. The van der Waals surface area contributed by atoms with E-state index in [9.17, 15) is 9.59 Å². The number of para-hydroxylation sites is 1. The number of amides is 2. The molecule has 0 unspecified atom stereocenters. The fourth-order valence-corrected chi connectivity index (χ4v) is 6.00. The van der Waals surface area contributed by atoms with Crippen LogP contribution in [0.25, 0.3) is 0 Å². The molecule has 8 nitrogen and oxygen atoms in total. The predicted octanol–water partition coefficient (Wildman–Crippen LogP) is 3.83. The van der Waals surface area contributed by atoms with Gasteiger partial charge in [0.2, 0.25) is 5.91 Å². The number of carbonyl (C=O) groups is 2. The zero-order valence-electron chi connectivity index (χ0n) is 22.3. The van der Waals surface area contributed by atoms with Crippen LogP contribution in [0.5, 0.6) is 11.5 Å². The lowest BCUT2D eigenvalue weighted by Crippen LogP contribution is -2.57. The monoisotopic (exact) mass is 526 g/mol. The maximum absolute atomic E-state index is 14.0. The second-order valence-corrected chi connectivity index (χ2v) is 10.5. The molecule has 0 saturated carbocycles. The summed E-state index contributed by atoms with van der Waals surface area (Å²) in [6.07, 6.45) is 1.50. The summed E-state index contributed by atoms with van der Waals surface area (Å²) < 4.78 is 11.1. The van der Waals surface area contributed by atoms with Gasteiger partial charge in [0, 0.05) is 44.5 Å². The zero-order valence-corrected chi connectivity index (χ0v) is 22.3. The molecule has 3 heterocycles. The number of hydrogen-bond acceptors (Lipinski definition) is 6. The van der Waals surface area contributed by atoms with Gasteiger partial charge in [-0.2, -0.15) is 0 Å². The minimum absolute atomic E-state index is 0.0230. The van der Waals surface area contributed by atoms with Gasteiger partial charge in [-0.3, -0.25) is 9.59 Å². The zero-order chi connectivity index (χ0) is 26.8. The number of methoxy groups -OCH3 is 1. The molecule has 6 rings (SSSR count). The predicted molar refractivity (Wildman–Crippen MR) is 149 cm³/mol. The summed E-state index contributed by atoms with van der Waals surface area (Å²) in [7, 11) is 1.60. The van der Waals surface area contributed by atoms with Crippen LogP contribution in [-0.4, -0.2) is 78.7 Å². The normalized spacial score (nSPS) is 18.8. The molecule has 202 valence electrons. The van der Waals surface area contributed by atoms with E-state index in [0.29, 0.717) is 36.8 Å². The molecule has 0 N–H and O–H groups in total. The number of carbonyl (C=O) groups excluding carboxylic acids is 2. The first kappa shape index (κ1) is 25.2. The quantitative estimate of drug-likeness (QED) is 0.466. The molecule has 0 radical (unpaired) electrons. The van der Waals surface area contributed by atoms with Gasteiger partial charge in [0.05, 0.1) is 19.3 Å². The van der Waals surface area contributed by atoms with Crippen LogP contribution in [0.4, 0.5) is 5.69 Å². The Hall–Kier alpha value is -4.04. The lowest BCUT2D eigenvalue weighted by atomic mass is 9.85. The molecule has 0 aromatic heterocycles. The number of benzene rings is 3. The second-order valence-electron chi connectivity index (χ2n) is 10.5. The number of likely N-dealkylation sites (tertiary alicyclic amines) is 1. The largest absolute Gasteiger partial charge is 0.497 e. The minimum atomic E-state index is -0.547. The fraction of sp³-hybridized carbons (Fsp3) is 0.355. The Kier molecular flexibility index (Phi) is 6.87. The average Bonchev–Trinajstić information content (AvgIpc) is 3.24. The van der Waals surface area contributed by atoms with Crippen molar-refractivity contribution in [3.63, 3.8) is 0 Å². The van der Waals surface area contributed by atoms with E-state index < -0.39 is 5.54 Å². The Morgan fingerprint density at radius 1 is 0.872 bits per heavy atom. The Balaban J connectivity index is 1.12. The summed E-state index contributed by atoms with van der Waals surface area (Å²) in [6.45, 7) is 4.33. The maximum Gasteiger partial charge on any atom is 0.260 e. The van der Waals surface area contributed by atoms with E-state index in [0.717, 1.165) is 43.7 Å². The standard InChI is InChI=1S/C31H34N4O4/c1-38-26-12-13-27-28(20-26)39-23-33(29(27)36)19-18-32-16-14-31(15-17-32)30(37)34(21-24-8-4-2-5-9-24)22-35(31)25-10-6-3-7-11-25/h2-13,20H,14-19,21-23H2,1H3. The number of anilines is 1. The highest BCUT2D eigenvalue weighted by molar-refractivity contribution is 5.98. The minimum Gasteiger partial charge on any atom is -0.497 e. The van der Waals surface area contributed by atoms with Crippen LogP contribution in [0.2, 0.25) is 0 Å². The Bertz CT molecular complexity index is 1320. The van der Waals surface area contributed by atoms with E-state index >= 15 is 0 Å². The third kappa shape index (κ3) is 4.81. The van der Waals surface area contributed by atoms with Gasteiger partial charge in [0.25, 0.3) is 5.91 Å². The van der Waals surface area contributed by atoms with Gasteiger partial charge in [0.15, 0.2) is 6.73 Å². The Morgan fingerprint density at radius 3 is 2.31 bits per heavy atom. The van der Waals surface area contributed by atoms with Crippen molar-refractivity contribution < 1.29 is 19.1 Å². The van der Waals surface area contributed by atoms with Crippen molar-refractivity contribution in [3.05, 3.63) is 90.0 Å². The smallest absolute Gasteiger partial charge is 0.260 e. The molecule has 0 aliphatic carbocycles. The van der Waals surface area contributed by atoms with Gasteiger partial charge < -0.3 is 29.1 Å². The topological polar surface area (TPSA) is 65.6 Å². The molecule has 2 amide bonds. The molecule has 1 spiro atoms. The van der Waals surface area contributed by atoms with Crippen LogP contribution >= 0.6 is 0 Å². The van der Waals surface area contributed by atoms with Crippen molar-refractivity contribution in [2.24, 2.45) is 0 Å². The van der Waals surface area contributed by atoms with Crippen molar-refractivity contribution in [1.29, 1.82) is 0 Å². The van der Waals surface area contributed by atoms with E-state index in [1.165, 1.54) is 0 Å². The van der Waals surface area contributed by atoms with Crippen molar-refractivity contribution in [2.75, 3.05) is 51.6 Å². The van der Waals surface area contributed by atoms with Crippen LogP contribution in [0.1, 0.15) is 28.8 Å². The third-order valence-electron chi connectivity index (χ3n) is 8.25. The van der Waals surface area contributed by atoms with Crippen LogP contribution in [0, 0.1) is 0 Å². The first-order valence-corrected chi connectivity index (χ1v) is 13.6. The SMILES string of the molecule is COc1ccc2c(c1)OCN(CCN1CCC3(CC1)C(=O)N(Cc1ccccc1)CN3c1ccccc1)C2=O. The molecule has 2 fully saturated rings. The molecule has 0 bridgehead atoms. The molecule has 3 aliphatic rings. The van der Waals surface area contributed by atoms with E-state index in [2.05, 4.69) is 34.1 Å². The van der Waals surface area contributed by atoms with E-state index in [1.54, 1.807) is 30.2 Å². The van der Waals surface area contributed by atoms with Gasteiger partial charge in [-0.25, -0.2) is 0 Å². The molecule has 39 heavy (non-hydrogen) atoms. The number of piperidine rings is 1. The highest BCUT2D eigenvalue weighted by Crippen LogP contribution is 2.40. The Morgan fingerprint density at radius 2 is 1.59 bits per heavy atom. The highest BCUT2D eigenvalue weighted by atomic mass is 16.5. The van der Waals surface area contributed by atoms with Crippen LogP contribution in [0.15, 0.2) is 78.9 Å². The van der Waals surface area contributed by atoms with Gasteiger partial charge in [-0.1, -0.05) is 48.5 Å². The van der Waals surface area contributed by atoms with Crippen molar-refractivity contribution in [2.45, 2.75) is 24.9 Å². The van der Waals surface area contributed by atoms with Crippen molar-refractivity contribution >= 4 is 17.5 Å². The second kappa shape index (κ2) is 10.6. The summed E-state index contributed by atoms with van der Waals surface area (Å²) >= 11 is 0. The van der Waals surface area contributed by atoms with Crippen LogP contribution < -0.4 is 14.4 Å². The number of nitrogens with zero attached hydrogens (tertiary/aromatic N) is 4. The summed E-state index contributed by atoms with van der Waals surface area (Å²) in [5, 5.41) is 0. The van der Waals surface area contributed by atoms with Gasteiger partial charge >= 0.3 is 0 Å². The highest BCUT2D eigenvalue weighted by Gasteiger charge is 2.53. The van der Waals surface area contributed by atoms with Crippen LogP contribution in [-0.2, 0) is 11.3 Å². The summed E-state index contributed by atoms with van der Waals surface area (Å²) in [6, 6.07) is 25.8. The molecule has 3 aliphatic heterocycles. The lowest BCUT2D eigenvalue weighted by molar-refractivity contribution is -0.134. The van der Waals surface area contributed by atoms with Crippen molar-refractivity contribution in [1.82, 2.24) is 14.7 Å². The van der Waals surface area contributed by atoms with Gasteiger partial charge in [0.1, 0.15) is 17.0 Å². The van der Waals surface area contributed by atoms with Gasteiger partial charge in [-0.05, 0) is 42.7 Å². The fourth-order valence-electron chi connectivity index (χ4n) is 6.00. The first-order valence-electron chi connectivity index (χ1n) is 13.6. The Labute approximate surface area is 229 Å². The third-order valence-corrected chi connectivity index (χ3v) is 8.25. The summed E-state index contributed by atoms with van der Waals surface area (Å²) in [5.41, 5.74) is 2.24. The summed E-state index contributed by atoms with van der Waals surface area (Å²) in [5.74, 6) is 1.42. The van der Waals surface area contributed by atoms with Crippen LogP contribution in [0.3, 0.4) is 0 Å². The molecular formula is C31H34N4O4. The number of hydrogen-bond donors (Lipinski definition) is 0. The molecule has 8 heteroatoms. The number of rotatable bonds is 7. The molecule has 3 aromatic rings. The van der Waals surface area contributed by atoms with Gasteiger partial charge in [-0.15, -0.1) is 0 Å². The average molecular weight is 527 g/mol. The molecular weight excluding hydrogens is 492 g/mol. The first-order chi connectivity index (χ1) is 19.1. The molecule has 2 saturated heterocycles. The number of fused-ring (bicyclic) bond motifs is 1. The maximum atomic E-state index is 14.0. The van der Waals surface area contributed by atoms with E-state index in [1.807, 2.05) is 41.3 Å². The van der Waals surface area contributed by atoms with E-state index in [4.69, 9.17) is 9.47 Å².